The highest BCUT2D eigenvalue weighted by Crippen LogP contribution is 3.02. The zero-order chi connectivity index (χ0) is 27.4. The van der Waals surface area contributed by atoms with Crippen molar-refractivity contribution in [1.29, 1.82) is 0 Å². The summed E-state index contributed by atoms with van der Waals surface area (Å²) in [5, 5.41) is 14.4. The number of aliphatic hydroxyl groups is 1. The fraction of sp³-hybridized carbons (Fsp3) is 0.280. The Bertz CT molecular complexity index is 1460. The molecule has 0 radical (unpaired) electrons. The summed E-state index contributed by atoms with van der Waals surface area (Å²) in [6.07, 6.45) is 6.73. The van der Waals surface area contributed by atoms with Gasteiger partial charge in [-0.2, -0.15) is 0 Å². The first-order valence-corrected chi connectivity index (χ1v) is 13.6. The molecule has 2 aromatic carbocycles. The van der Waals surface area contributed by atoms with E-state index >= 15 is 0 Å². The van der Waals surface area contributed by atoms with Gasteiger partial charge in [0.1, 0.15) is 17.3 Å². The van der Waals surface area contributed by atoms with Crippen molar-refractivity contribution in [2.24, 2.45) is 5.16 Å². The van der Waals surface area contributed by atoms with Crippen LogP contribution in [-0.4, -0.2) is 45.7 Å². The molecule has 1 N–H and O–H groups in total. The minimum Gasteiger partial charge on any atom is -0.495 e. The van der Waals surface area contributed by atoms with Crippen LogP contribution in [0.5, 0.6) is 5.75 Å². The Morgan fingerprint density at radius 1 is 1.13 bits per heavy atom. The first-order chi connectivity index (χ1) is 17.7. The Hall–Kier alpha value is -3.58. The zero-order valence-corrected chi connectivity index (χ0v) is 21.3. The number of hydrogen-bond acceptors (Lipinski definition) is 6. The summed E-state index contributed by atoms with van der Waals surface area (Å²) in [6, 6.07) is 8.04. The second-order valence-electron chi connectivity index (χ2n) is 9.22. The number of aryl methyl sites for hydroxylation is 1. The SMILES string of the molecule is COc1cc(/C=C2\CCCN3C2=NOC3(CO)c2ccc(S(F)(F)(F)(F)F)cc2)ccc1-n1cnc(C)c1. The van der Waals surface area contributed by atoms with Crippen molar-refractivity contribution in [3.8, 4) is 11.4 Å². The van der Waals surface area contributed by atoms with E-state index in [1.165, 1.54) is 0 Å². The van der Waals surface area contributed by atoms with Gasteiger partial charge in [-0.05, 0) is 61.2 Å². The van der Waals surface area contributed by atoms with Gasteiger partial charge in [0, 0.05) is 18.3 Å². The van der Waals surface area contributed by atoms with Crippen LogP contribution in [0, 0.1) is 6.92 Å². The van der Waals surface area contributed by atoms with Crippen molar-refractivity contribution < 1.29 is 34.1 Å². The molecule has 1 unspecified atom stereocenters. The summed E-state index contributed by atoms with van der Waals surface area (Å²) in [5.74, 6) is 1.03. The summed E-state index contributed by atoms with van der Waals surface area (Å²) < 4.78 is 73.4. The second kappa shape index (κ2) is 8.21. The van der Waals surface area contributed by atoms with Gasteiger partial charge in [-0.15, -0.1) is 0 Å². The highest BCUT2D eigenvalue weighted by Gasteiger charge is 2.65. The number of aromatic nitrogens is 2. The minimum atomic E-state index is -9.84. The maximum Gasteiger partial charge on any atom is 0.310 e. The molecule has 1 fully saturated rings. The summed E-state index contributed by atoms with van der Waals surface area (Å²) in [7, 11) is -8.27. The van der Waals surface area contributed by atoms with Crippen LogP contribution in [0.4, 0.5) is 19.4 Å². The molecule has 0 spiro atoms. The molecule has 38 heavy (non-hydrogen) atoms. The van der Waals surface area contributed by atoms with Crippen LogP contribution in [-0.2, 0) is 10.6 Å². The van der Waals surface area contributed by atoms with Crippen molar-refractivity contribution in [3.05, 3.63) is 77.4 Å². The molecular weight excluding hydrogens is 531 g/mol. The lowest BCUT2D eigenvalue weighted by Gasteiger charge is -2.41. The number of fused-ring (bicyclic) bond motifs is 1. The lowest BCUT2D eigenvalue weighted by Crippen LogP contribution is -2.51. The van der Waals surface area contributed by atoms with Gasteiger partial charge in [-0.3, -0.25) is 0 Å². The fourth-order valence-electron chi connectivity index (χ4n) is 4.72. The Morgan fingerprint density at radius 3 is 2.47 bits per heavy atom. The smallest absolute Gasteiger partial charge is 0.310 e. The standard InChI is InChI=1S/C25H25F5N4O3S/c1-17-14-33(16-31-17)22-10-5-18(13-23(22)36-2)12-19-4-3-11-34-24(19)32-37-25(34,15-35)20-6-8-21(9-7-20)38(26,27,28,29)30/h5-10,12-14,16,35H,3-4,11,15H2,1-2H3/b19-12+. The summed E-state index contributed by atoms with van der Waals surface area (Å²) >= 11 is 0. The number of hydrogen-bond donors (Lipinski definition) is 1. The molecule has 1 saturated heterocycles. The van der Waals surface area contributed by atoms with Gasteiger partial charge >= 0.3 is 10.2 Å². The average Bonchev–Trinajstić information content (AvgIpc) is 3.47. The highest BCUT2D eigenvalue weighted by molar-refractivity contribution is 8.45. The summed E-state index contributed by atoms with van der Waals surface area (Å²) in [5.41, 5.74) is 1.69. The Morgan fingerprint density at radius 2 is 1.87 bits per heavy atom. The molecule has 5 rings (SSSR count). The van der Waals surface area contributed by atoms with Crippen LogP contribution >= 0.6 is 10.2 Å². The third kappa shape index (κ3) is 4.60. The lowest BCUT2D eigenvalue weighted by molar-refractivity contribution is -0.137. The van der Waals surface area contributed by atoms with Crippen LogP contribution in [0.1, 0.15) is 29.7 Å². The van der Waals surface area contributed by atoms with Gasteiger partial charge in [-0.1, -0.05) is 42.8 Å². The lowest BCUT2D eigenvalue weighted by atomic mass is 9.95. The second-order valence-corrected chi connectivity index (χ2v) is 11.6. The molecule has 0 amide bonds. The third-order valence-electron chi connectivity index (χ3n) is 6.59. The Labute approximate surface area is 215 Å². The molecule has 13 heteroatoms. The van der Waals surface area contributed by atoms with E-state index in [1.807, 2.05) is 42.0 Å². The topological polar surface area (TPSA) is 72.1 Å². The monoisotopic (exact) mass is 556 g/mol. The quantitative estimate of drug-likeness (QED) is 0.350. The number of rotatable bonds is 6. The number of aliphatic hydroxyl groups excluding tert-OH is 1. The maximum absolute atomic E-state index is 13.2. The predicted octanol–water partition coefficient (Wildman–Crippen LogP) is 6.51. The van der Waals surface area contributed by atoms with Crippen molar-refractivity contribution in [1.82, 2.24) is 14.5 Å². The number of amidine groups is 1. The van der Waals surface area contributed by atoms with Crippen LogP contribution in [0.25, 0.3) is 11.8 Å². The van der Waals surface area contributed by atoms with E-state index in [0.29, 0.717) is 43.1 Å². The van der Waals surface area contributed by atoms with E-state index in [-0.39, 0.29) is 5.56 Å². The molecule has 1 aromatic heterocycles. The van der Waals surface area contributed by atoms with Crippen molar-refractivity contribution >= 4 is 22.1 Å². The third-order valence-corrected chi connectivity index (χ3v) is 7.75. The van der Waals surface area contributed by atoms with E-state index in [4.69, 9.17) is 9.57 Å². The summed E-state index contributed by atoms with van der Waals surface area (Å²) in [4.78, 5) is 9.50. The predicted molar refractivity (Wildman–Crippen MR) is 134 cm³/mol. The van der Waals surface area contributed by atoms with Crippen LogP contribution in [0.2, 0.25) is 0 Å². The molecule has 204 valence electrons. The fourth-order valence-corrected chi connectivity index (χ4v) is 5.37. The first-order valence-electron chi connectivity index (χ1n) is 11.6. The van der Waals surface area contributed by atoms with Crippen LogP contribution in [0.3, 0.4) is 0 Å². The van der Waals surface area contributed by atoms with Gasteiger partial charge in [0.15, 0.2) is 5.84 Å². The molecule has 7 nitrogen and oxygen atoms in total. The average molecular weight is 557 g/mol. The highest BCUT2D eigenvalue weighted by atomic mass is 32.5. The van der Waals surface area contributed by atoms with E-state index in [1.54, 1.807) is 18.3 Å². The minimum absolute atomic E-state index is 0.0762. The molecule has 0 aliphatic carbocycles. The van der Waals surface area contributed by atoms with Gasteiger partial charge < -0.3 is 24.1 Å². The van der Waals surface area contributed by atoms with Gasteiger partial charge in [-0.25, -0.2) is 4.98 Å². The Balaban J connectivity index is 1.46. The van der Waals surface area contributed by atoms with E-state index in [9.17, 15) is 24.5 Å². The summed E-state index contributed by atoms with van der Waals surface area (Å²) in [6.45, 7) is 1.62. The van der Waals surface area contributed by atoms with Gasteiger partial charge in [0.25, 0.3) is 5.72 Å². The first kappa shape index (κ1) is 26.0. The molecular formula is C25H25F5N4O3S. The number of piperidine rings is 1. The number of oxime groups is 1. The van der Waals surface area contributed by atoms with E-state index < -0.39 is 27.5 Å². The van der Waals surface area contributed by atoms with Crippen molar-refractivity contribution in [3.63, 3.8) is 0 Å². The number of imidazole rings is 1. The number of ether oxygens (including phenoxy) is 1. The zero-order valence-electron chi connectivity index (χ0n) is 20.5. The van der Waals surface area contributed by atoms with Crippen molar-refractivity contribution in [2.75, 3.05) is 20.3 Å². The maximum atomic E-state index is 13.2. The number of halogens is 5. The van der Waals surface area contributed by atoms with Crippen LogP contribution < -0.4 is 4.74 Å². The normalized spacial score (nSPS) is 22.4. The molecule has 1 atom stereocenters. The van der Waals surface area contributed by atoms with Crippen LogP contribution in [0.15, 0.2) is 70.6 Å². The molecule has 0 bridgehead atoms. The molecule has 2 aliphatic heterocycles. The van der Waals surface area contributed by atoms with Crippen molar-refractivity contribution in [2.45, 2.75) is 30.4 Å². The molecule has 2 aliphatic rings. The van der Waals surface area contributed by atoms with E-state index in [2.05, 4.69) is 10.1 Å². The number of benzene rings is 2. The Kier molecular flexibility index (Phi) is 5.63. The largest absolute Gasteiger partial charge is 0.495 e. The van der Waals surface area contributed by atoms with E-state index in [0.717, 1.165) is 34.7 Å². The molecule has 0 saturated carbocycles. The van der Waals surface area contributed by atoms with Gasteiger partial charge in [0.2, 0.25) is 0 Å². The van der Waals surface area contributed by atoms with Gasteiger partial charge in [0.05, 0.1) is 24.8 Å². The molecule has 3 aromatic rings. The number of methoxy groups -OCH3 is 1. The number of nitrogens with zero attached hydrogens (tertiary/aromatic N) is 4. The molecule has 3 heterocycles.